The van der Waals surface area contributed by atoms with Gasteiger partial charge >= 0.3 is 0 Å². The van der Waals surface area contributed by atoms with Crippen molar-refractivity contribution >= 4 is 0 Å². The molecule has 1 aliphatic heterocycles. The monoisotopic (exact) mass is 84.1 g/mol. The molecule has 0 saturated carbocycles. The molecule has 1 saturated heterocycles. The van der Waals surface area contributed by atoms with E-state index in [1.165, 1.54) is 0 Å². The van der Waals surface area contributed by atoms with Gasteiger partial charge in [-0.15, -0.1) is 0 Å². The van der Waals surface area contributed by atoms with Gasteiger partial charge < -0.3 is 5.43 Å². The second kappa shape index (κ2) is 1.30. The third-order valence-electron chi connectivity index (χ3n) is 0.817. The fourth-order valence-corrected chi connectivity index (χ4v) is 0.463. The van der Waals surface area contributed by atoms with Crippen LogP contribution in [-0.4, -0.2) is 6.54 Å². The standard InChI is InChI=1S/C4H8N2/c1-4-2-3-5-6-4/h5-6H,1-3H2. The molecule has 2 nitrogen and oxygen atoms in total. The molecule has 0 atom stereocenters. The first-order valence-corrected chi connectivity index (χ1v) is 2.06. The first kappa shape index (κ1) is 3.68. The van der Waals surface area contributed by atoms with Gasteiger partial charge in [-0.05, 0) is 0 Å². The van der Waals surface area contributed by atoms with Crippen molar-refractivity contribution in [1.82, 2.24) is 10.9 Å². The zero-order valence-corrected chi connectivity index (χ0v) is 3.62. The summed E-state index contributed by atoms with van der Waals surface area (Å²) < 4.78 is 0. The van der Waals surface area contributed by atoms with E-state index in [2.05, 4.69) is 17.4 Å². The molecule has 0 bridgehead atoms. The molecule has 1 fully saturated rings. The van der Waals surface area contributed by atoms with Crippen molar-refractivity contribution in [2.45, 2.75) is 6.42 Å². The molecule has 0 aromatic carbocycles. The minimum Gasteiger partial charge on any atom is -0.326 e. The van der Waals surface area contributed by atoms with Crippen LogP contribution >= 0.6 is 0 Å². The predicted octanol–water partition coefficient (Wildman–Crippen LogP) is -0.00200. The molecule has 34 valence electrons. The molecular weight excluding hydrogens is 76.1 g/mol. The Morgan fingerprint density at radius 1 is 1.67 bits per heavy atom. The smallest absolute Gasteiger partial charge is 0.0203 e. The lowest BCUT2D eigenvalue weighted by Gasteiger charge is -1.88. The van der Waals surface area contributed by atoms with E-state index in [4.69, 9.17) is 0 Å². The molecule has 0 amide bonds. The highest BCUT2D eigenvalue weighted by molar-refractivity contribution is 4.93. The van der Waals surface area contributed by atoms with Crippen LogP contribution < -0.4 is 10.9 Å². The van der Waals surface area contributed by atoms with Crippen molar-refractivity contribution in [3.8, 4) is 0 Å². The number of hydrazine groups is 1. The quantitative estimate of drug-likeness (QED) is 0.431. The van der Waals surface area contributed by atoms with Crippen LogP contribution in [0.4, 0.5) is 0 Å². The molecule has 0 aromatic rings. The molecule has 0 aromatic heterocycles. The van der Waals surface area contributed by atoms with E-state index in [-0.39, 0.29) is 0 Å². The third-order valence-corrected chi connectivity index (χ3v) is 0.817. The van der Waals surface area contributed by atoms with Gasteiger partial charge in [-0.1, -0.05) is 6.58 Å². The fourth-order valence-electron chi connectivity index (χ4n) is 0.463. The summed E-state index contributed by atoms with van der Waals surface area (Å²) in [5.74, 6) is 0. The van der Waals surface area contributed by atoms with Crippen LogP contribution in [0, 0.1) is 0 Å². The number of nitrogens with one attached hydrogen (secondary N) is 2. The zero-order valence-electron chi connectivity index (χ0n) is 3.62. The van der Waals surface area contributed by atoms with E-state index in [1.807, 2.05) is 0 Å². The summed E-state index contributed by atoms with van der Waals surface area (Å²) >= 11 is 0. The normalized spacial score (nSPS) is 21.0. The molecular formula is C4H8N2. The van der Waals surface area contributed by atoms with Crippen LogP contribution in [0.1, 0.15) is 6.42 Å². The Balaban J connectivity index is 2.37. The highest BCUT2D eigenvalue weighted by Crippen LogP contribution is 1.92. The Morgan fingerprint density at radius 3 is 2.67 bits per heavy atom. The minimum absolute atomic E-state index is 1.03. The molecule has 2 heteroatoms. The molecule has 0 unspecified atom stereocenters. The average Bonchev–Trinajstić information content (AvgIpc) is 1.86. The van der Waals surface area contributed by atoms with Crippen molar-refractivity contribution in [3.63, 3.8) is 0 Å². The van der Waals surface area contributed by atoms with Crippen LogP contribution in [0.15, 0.2) is 12.3 Å². The summed E-state index contributed by atoms with van der Waals surface area (Å²) in [7, 11) is 0. The SMILES string of the molecule is C=C1CCNN1. The maximum absolute atomic E-state index is 3.68. The zero-order chi connectivity index (χ0) is 4.41. The summed E-state index contributed by atoms with van der Waals surface area (Å²) in [6.45, 7) is 4.71. The van der Waals surface area contributed by atoms with Gasteiger partial charge in [0.25, 0.3) is 0 Å². The Bertz CT molecular complexity index is 59.9. The Hall–Kier alpha value is -0.500. The summed E-state index contributed by atoms with van der Waals surface area (Å²) in [6, 6.07) is 0. The van der Waals surface area contributed by atoms with Crippen molar-refractivity contribution in [3.05, 3.63) is 12.3 Å². The second-order valence-corrected chi connectivity index (χ2v) is 1.41. The molecule has 0 spiro atoms. The molecule has 2 N–H and O–H groups in total. The van der Waals surface area contributed by atoms with E-state index in [0.717, 1.165) is 18.7 Å². The number of rotatable bonds is 0. The Kier molecular flexibility index (Phi) is 0.801. The largest absolute Gasteiger partial charge is 0.326 e. The lowest BCUT2D eigenvalue weighted by atomic mass is 10.4. The predicted molar refractivity (Wildman–Crippen MR) is 24.9 cm³/mol. The van der Waals surface area contributed by atoms with Gasteiger partial charge in [0, 0.05) is 18.7 Å². The number of hydrogen-bond acceptors (Lipinski definition) is 2. The average molecular weight is 84.1 g/mol. The van der Waals surface area contributed by atoms with Gasteiger partial charge in [0.2, 0.25) is 0 Å². The van der Waals surface area contributed by atoms with Gasteiger partial charge in [-0.2, -0.15) is 0 Å². The van der Waals surface area contributed by atoms with Crippen LogP contribution in [-0.2, 0) is 0 Å². The van der Waals surface area contributed by atoms with Gasteiger partial charge in [0.15, 0.2) is 0 Å². The van der Waals surface area contributed by atoms with Crippen LogP contribution in [0.5, 0.6) is 0 Å². The minimum atomic E-state index is 1.03. The fraction of sp³-hybridized carbons (Fsp3) is 0.500. The summed E-state index contributed by atoms with van der Waals surface area (Å²) in [4.78, 5) is 0. The van der Waals surface area contributed by atoms with Crippen LogP contribution in [0.3, 0.4) is 0 Å². The molecule has 0 radical (unpaired) electrons. The lowest BCUT2D eigenvalue weighted by molar-refractivity contribution is 0.722. The Morgan fingerprint density at radius 2 is 2.50 bits per heavy atom. The molecule has 0 aliphatic carbocycles. The molecule has 1 heterocycles. The summed E-state index contributed by atoms with van der Waals surface area (Å²) in [5, 5.41) is 0. The topological polar surface area (TPSA) is 24.1 Å². The molecule has 1 aliphatic rings. The first-order chi connectivity index (χ1) is 2.89. The van der Waals surface area contributed by atoms with Gasteiger partial charge in [0.1, 0.15) is 0 Å². The van der Waals surface area contributed by atoms with E-state index in [9.17, 15) is 0 Å². The van der Waals surface area contributed by atoms with Crippen molar-refractivity contribution in [2.24, 2.45) is 0 Å². The molecule has 1 rings (SSSR count). The van der Waals surface area contributed by atoms with Crippen molar-refractivity contribution in [1.29, 1.82) is 0 Å². The first-order valence-electron chi connectivity index (χ1n) is 2.06. The third kappa shape index (κ3) is 0.518. The van der Waals surface area contributed by atoms with E-state index < -0.39 is 0 Å². The Labute approximate surface area is 37.2 Å². The molecule has 6 heavy (non-hydrogen) atoms. The van der Waals surface area contributed by atoms with Crippen molar-refractivity contribution < 1.29 is 0 Å². The van der Waals surface area contributed by atoms with Gasteiger partial charge in [-0.25, -0.2) is 5.43 Å². The van der Waals surface area contributed by atoms with E-state index in [1.54, 1.807) is 0 Å². The second-order valence-electron chi connectivity index (χ2n) is 1.41. The summed E-state index contributed by atoms with van der Waals surface area (Å²) in [5.41, 5.74) is 6.89. The highest BCUT2D eigenvalue weighted by atomic mass is 15.4. The van der Waals surface area contributed by atoms with E-state index in [0.29, 0.717) is 0 Å². The van der Waals surface area contributed by atoms with Crippen molar-refractivity contribution in [2.75, 3.05) is 6.54 Å². The van der Waals surface area contributed by atoms with Gasteiger partial charge in [0.05, 0.1) is 0 Å². The van der Waals surface area contributed by atoms with E-state index >= 15 is 0 Å². The maximum Gasteiger partial charge on any atom is 0.0203 e. The maximum atomic E-state index is 3.68. The van der Waals surface area contributed by atoms with Crippen LogP contribution in [0.2, 0.25) is 0 Å². The lowest BCUT2D eigenvalue weighted by Crippen LogP contribution is -2.19. The summed E-state index contributed by atoms with van der Waals surface area (Å²) in [6.07, 6.45) is 1.07. The van der Waals surface area contributed by atoms with Crippen LogP contribution in [0.25, 0.3) is 0 Å². The highest BCUT2D eigenvalue weighted by Gasteiger charge is 1.97. The number of hydrogen-bond donors (Lipinski definition) is 2. The van der Waals surface area contributed by atoms with Gasteiger partial charge in [-0.3, -0.25) is 0 Å².